The second kappa shape index (κ2) is 16.7. The van der Waals surface area contributed by atoms with Crippen LogP contribution in [0.25, 0.3) is 44.2 Å². The standard InChI is InChI=1S/C65H66N2O/c1-43-36-47(62(2,3)4)26-32-58(43)66(49-29-31-56-57(41-49)65(10,11)35-34-64(56,8)9)51-37-46(44-20-14-12-15-21-44)38-52(40-51)67(50-28-30-54-53-24-18-19-25-60(53)68-61(54)42-50)59-33-27-48(63(5,6)7)39-55(59)45-22-16-13-17-23-45/h12-33,36-42H,34-35H2,1-11H3. The third-order valence-corrected chi connectivity index (χ3v) is 14.7. The summed E-state index contributed by atoms with van der Waals surface area (Å²) < 4.78 is 6.65. The van der Waals surface area contributed by atoms with Gasteiger partial charge in [0.05, 0.1) is 5.69 Å². The van der Waals surface area contributed by atoms with E-state index < -0.39 is 0 Å². The molecule has 0 amide bonds. The maximum absolute atomic E-state index is 6.65. The molecule has 0 fully saturated rings. The number of hydrogen-bond acceptors (Lipinski definition) is 3. The molecular formula is C65H66N2O. The second-order valence-corrected chi connectivity index (χ2v) is 22.7. The lowest BCUT2D eigenvalue weighted by molar-refractivity contribution is 0.332. The molecule has 0 spiro atoms. The van der Waals surface area contributed by atoms with E-state index in [0.29, 0.717) is 0 Å². The first-order valence-corrected chi connectivity index (χ1v) is 24.5. The lowest BCUT2D eigenvalue weighted by Gasteiger charge is -2.42. The van der Waals surface area contributed by atoms with Gasteiger partial charge in [0, 0.05) is 50.8 Å². The van der Waals surface area contributed by atoms with E-state index >= 15 is 0 Å². The summed E-state index contributed by atoms with van der Waals surface area (Å²) in [4.78, 5) is 4.99. The predicted octanol–water partition coefficient (Wildman–Crippen LogP) is 19.1. The van der Waals surface area contributed by atoms with Gasteiger partial charge in [-0.15, -0.1) is 0 Å². The minimum absolute atomic E-state index is 0.0103. The smallest absolute Gasteiger partial charge is 0.137 e. The van der Waals surface area contributed by atoms with Crippen LogP contribution in [-0.4, -0.2) is 0 Å². The van der Waals surface area contributed by atoms with Gasteiger partial charge in [-0.25, -0.2) is 0 Å². The molecule has 0 atom stereocenters. The highest BCUT2D eigenvalue weighted by molar-refractivity contribution is 6.06. The van der Waals surface area contributed by atoms with E-state index in [1.165, 1.54) is 45.4 Å². The fraction of sp³-hybridized carbons (Fsp3) is 0.262. The van der Waals surface area contributed by atoms with Crippen molar-refractivity contribution in [2.45, 2.75) is 111 Å². The maximum atomic E-state index is 6.65. The number of benzene rings is 8. The summed E-state index contributed by atoms with van der Waals surface area (Å²) in [6, 6.07) is 65.5. The molecule has 9 aromatic rings. The summed E-state index contributed by atoms with van der Waals surface area (Å²) in [7, 11) is 0. The lowest BCUT2D eigenvalue weighted by atomic mass is 9.63. The zero-order valence-electron chi connectivity index (χ0n) is 42.0. The van der Waals surface area contributed by atoms with Crippen LogP contribution in [0.2, 0.25) is 0 Å². The zero-order valence-corrected chi connectivity index (χ0v) is 42.0. The third-order valence-electron chi connectivity index (χ3n) is 14.7. The third kappa shape index (κ3) is 8.31. The van der Waals surface area contributed by atoms with Gasteiger partial charge in [-0.1, -0.05) is 172 Å². The Labute approximate surface area is 405 Å². The molecule has 3 nitrogen and oxygen atoms in total. The Hall–Kier alpha value is -6.84. The molecule has 68 heavy (non-hydrogen) atoms. The molecule has 1 aromatic heterocycles. The van der Waals surface area contributed by atoms with Crippen molar-refractivity contribution in [2.75, 3.05) is 9.80 Å². The summed E-state index contributed by atoms with van der Waals surface area (Å²) in [6.07, 6.45) is 2.31. The second-order valence-electron chi connectivity index (χ2n) is 22.7. The van der Waals surface area contributed by atoms with Crippen LogP contribution in [0.1, 0.15) is 110 Å². The van der Waals surface area contributed by atoms with Crippen molar-refractivity contribution in [3.05, 3.63) is 204 Å². The van der Waals surface area contributed by atoms with Crippen molar-refractivity contribution in [3.63, 3.8) is 0 Å². The topological polar surface area (TPSA) is 19.6 Å². The molecular weight excluding hydrogens is 825 g/mol. The summed E-state index contributed by atoms with van der Waals surface area (Å²) in [5.41, 5.74) is 19.7. The number of para-hydroxylation sites is 1. The number of fused-ring (bicyclic) bond motifs is 4. The van der Waals surface area contributed by atoms with Gasteiger partial charge in [-0.2, -0.15) is 0 Å². The molecule has 1 heterocycles. The fourth-order valence-corrected chi connectivity index (χ4v) is 10.5. The van der Waals surface area contributed by atoms with E-state index in [1.807, 2.05) is 6.07 Å². The van der Waals surface area contributed by atoms with E-state index in [1.54, 1.807) is 0 Å². The highest BCUT2D eigenvalue weighted by Crippen LogP contribution is 2.51. The van der Waals surface area contributed by atoms with Crippen LogP contribution in [0.5, 0.6) is 0 Å². The Balaban J connectivity index is 1.29. The van der Waals surface area contributed by atoms with Gasteiger partial charge in [0.25, 0.3) is 0 Å². The molecule has 0 bridgehead atoms. The summed E-state index contributed by atoms with van der Waals surface area (Å²) in [6.45, 7) is 25.8. The molecule has 8 aromatic carbocycles. The minimum Gasteiger partial charge on any atom is -0.456 e. The molecule has 3 heteroatoms. The molecule has 10 rings (SSSR count). The molecule has 0 radical (unpaired) electrons. The SMILES string of the molecule is Cc1cc(C(C)(C)C)ccc1N(c1cc(-c2ccccc2)cc(N(c2ccc3c(c2)oc2ccccc23)c2ccc(C(C)(C)C)cc2-c2ccccc2)c1)c1ccc2c(c1)C(C)(C)CCC2(C)C. The molecule has 1 aliphatic rings. The molecule has 1 aliphatic carbocycles. The van der Waals surface area contributed by atoms with Crippen molar-refractivity contribution in [1.29, 1.82) is 0 Å². The minimum atomic E-state index is -0.0555. The van der Waals surface area contributed by atoms with Crippen LogP contribution in [-0.2, 0) is 21.7 Å². The Kier molecular flexibility index (Phi) is 11.1. The number of hydrogen-bond donors (Lipinski definition) is 0. The molecule has 0 unspecified atom stereocenters. The van der Waals surface area contributed by atoms with Gasteiger partial charge in [0.1, 0.15) is 11.2 Å². The number of nitrogens with zero attached hydrogens (tertiary/aromatic N) is 2. The number of anilines is 6. The van der Waals surface area contributed by atoms with E-state index in [4.69, 9.17) is 4.42 Å². The lowest BCUT2D eigenvalue weighted by Crippen LogP contribution is -2.34. The van der Waals surface area contributed by atoms with Gasteiger partial charge in [-0.05, 0) is 153 Å². The number of rotatable bonds is 8. The van der Waals surface area contributed by atoms with Crippen molar-refractivity contribution >= 4 is 56.1 Å². The van der Waals surface area contributed by atoms with E-state index in [0.717, 1.165) is 73.6 Å². The van der Waals surface area contributed by atoms with Crippen LogP contribution < -0.4 is 9.80 Å². The van der Waals surface area contributed by atoms with Crippen molar-refractivity contribution in [1.82, 2.24) is 0 Å². The maximum Gasteiger partial charge on any atom is 0.137 e. The molecule has 0 saturated carbocycles. The van der Waals surface area contributed by atoms with E-state index in [9.17, 15) is 0 Å². The molecule has 0 saturated heterocycles. The average Bonchev–Trinajstić information content (AvgIpc) is 3.69. The Morgan fingerprint density at radius 3 is 1.59 bits per heavy atom. The molecule has 0 aliphatic heterocycles. The Morgan fingerprint density at radius 2 is 0.941 bits per heavy atom. The molecule has 342 valence electrons. The Bertz CT molecular complexity index is 3320. The summed E-state index contributed by atoms with van der Waals surface area (Å²) >= 11 is 0. The zero-order chi connectivity index (χ0) is 47.8. The van der Waals surface area contributed by atoms with Crippen molar-refractivity contribution < 1.29 is 4.42 Å². The van der Waals surface area contributed by atoms with Crippen LogP contribution in [0.3, 0.4) is 0 Å². The Morgan fingerprint density at radius 1 is 0.412 bits per heavy atom. The fourth-order valence-electron chi connectivity index (χ4n) is 10.5. The van der Waals surface area contributed by atoms with Gasteiger partial charge >= 0.3 is 0 Å². The highest BCUT2D eigenvalue weighted by atomic mass is 16.3. The van der Waals surface area contributed by atoms with Gasteiger partial charge in [0.15, 0.2) is 0 Å². The normalized spacial score (nSPS) is 14.5. The van der Waals surface area contributed by atoms with Crippen LogP contribution in [0, 0.1) is 6.92 Å². The van der Waals surface area contributed by atoms with Crippen LogP contribution in [0.15, 0.2) is 180 Å². The number of aryl methyl sites for hydroxylation is 1. The first-order valence-electron chi connectivity index (χ1n) is 24.5. The monoisotopic (exact) mass is 891 g/mol. The number of furan rings is 1. The van der Waals surface area contributed by atoms with E-state index in [-0.39, 0.29) is 21.7 Å². The average molecular weight is 891 g/mol. The molecule has 0 N–H and O–H groups in total. The summed E-state index contributed by atoms with van der Waals surface area (Å²) in [5, 5.41) is 2.22. The van der Waals surface area contributed by atoms with Gasteiger partial charge < -0.3 is 14.2 Å². The predicted molar refractivity (Wildman–Crippen MR) is 291 cm³/mol. The van der Waals surface area contributed by atoms with Crippen molar-refractivity contribution in [2.24, 2.45) is 0 Å². The van der Waals surface area contributed by atoms with Crippen LogP contribution >= 0.6 is 0 Å². The van der Waals surface area contributed by atoms with Crippen molar-refractivity contribution in [3.8, 4) is 22.3 Å². The quantitative estimate of drug-likeness (QED) is 0.152. The first-order chi connectivity index (χ1) is 32.4. The van der Waals surface area contributed by atoms with Gasteiger partial charge in [0.2, 0.25) is 0 Å². The summed E-state index contributed by atoms with van der Waals surface area (Å²) in [5.74, 6) is 0. The van der Waals surface area contributed by atoms with E-state index in [2.05, 4.69) is 256 Å². The first kappa shape index (κ1) is 45.0. The van der Waals surface area contributed by atoms with Crippen LogP contribution in [0.4, 0.5) is 34.1 Å². The largest absolute Gasteiger partial charge is 0.456 e. The highest BCUT2D eigenvalue weighted by Gasteiger charge is 2.38. The van der Waals surface area contributed by atoms with Gasteiger partial charge in [-0.3, -0.25) is 0 Å².